The molecule has 2 aromatic carbocycles. The van der Waals surface area contributed by atoms with Crippen molar-refractivity contribution in [2.24, 2.45) is 0 Å². The van der Waals surface area contributed by atoms with Crippen molar-refractivity contribution in [3.05, 3.63) is 72.8 Å². The van der Waals surface area contributed by atoms with Crippen molar-refractivity contribution in [3.8, 4) is 11.4 Å². The number of rotatable bonds is 7. The number of methoxy groups -OCH3 is 1. The SMILES string of the molecule is COc1ccc(SCC(=O)OCc2ccc(-n3ccnc3)cc2)cc1. The molecule has 0 radical (unpaired) electrons. The van der Waals surface area contributed by atoms with Gasteiger partial charge in [-0.05, 0) is 42.0 Å². The molecule has 3 rings (SSSR count). The van der Waals surface area contributed by atoms with Gasteiger partial charge in [0.25, 0.3) is 0 Å². The molecule has 1 aromatic heterocycles. The second-order valence-corrected chi connectivity index (χ2v) is 6.31. The smallest absolute Gasteiger partial charge is 0.316 e. The van der Waals surface area contributed by atoms with Crippen LogP contribution in [-0.4, -0.2) is 28.4 Å². The Labute approximate surface area is 150 Å². The molecule has 0 spiro atoms. The van der Waals surface area contributed by atoms with Crippen molar-refractivity contribution < 1.29 is 14.3 Å². The maximum atomic E-state index is 11.9. The molecule has 0 aliphatic heterocycles. The molecule has 5 nitrogen and oxygen atoms in total. The van der Waals surface area contributed by atoms with Gasteiger partial charge in [-0.2, -0.15) is 0 Å². The van der Waals surface area contributed by atoms with Crippen molar-refractivity contribution in [2.75, 3.05) is 12.9 Å². The van der Waals surface area contributed by atoms with Crippen LogP contribution in [0.4, 0.5) is 0 Å². The van der Waals surface area contributed by atoms with Gasteiger partial charge in [0, 0.05) is 23.0 Å². The molecule has 0 amide bonds. The minimum absolute atomic E-state index is 0.237. The zero-order chi connectivity index (χ0) is 17.5. The van der Waals surface area contributed by atoms with E-state index in [-0.39, 0.29) is 18.3 Å². The van der Waals surface area contributed by atoms with Crippen LogP contribution < -0.4 is 4.74 Å². The van der Waals surface area contributed by atoms with E-state index in [9.17, 15) is 4.79 Å². The van der Waals surface area contributed by atoms with E-state index in [4.69, 9.17) is 9.47 Å². The molecule has 0 saturated carbocycles. The number of carbonyl (C=O) groups excluding carboxylic acids is 1. The molecule has 0 fully saturated rings. The first-order valence-corrected chi connectivity index (χ1v) is 8.73. The van der Waals surface area contributed by atoms with Crippen LogP contribution >= 0.6 is 11.8 Å². The second kappa shape index (κ2) is 8.39. The predicted octanol–water partition coefficient (Wildman–Crippen LogP) is 3.72. The molecule has 128 valence electrons. The number of benzene rings is 2. The summed E-state index contributed by atoms with van der Waals surface area (Å²) in [5, 5.41) is 0. The van der Waals surface area contributed by atoms with Crippen molar-refractivity contribution >= 4 is 17.7 Å². The molecule has 3 aromatic rings. The highest BCUT2D eigenvalue weighted by Crippen LogP contribution is 2.21. The molecule has 0 N–H and O–H groups in total. The Hall–Kier alpha value is -2.73. The van der Waals surface area contributed by atoms with Crippen LogP contribution in [0.2, 0.25) is 0 Å². The summed E-state index contributed by atoms with van der Waals surface area (Å²) >= 11 is 1.44. The Morgan fingerprint density at radius 3 is 2.52 bits per heavy atom. The van der Waals surface area contributed by atoms with E-state index < -0.39 is 0 Å². The largest absolute Gasteiger partial charge is 0.497 e. The van der Waals surface area contributed by atoms with Crippen LogP contribution in [0.25, 0.3) is 5.69 Å². The van der Waals surface area contributed by atoms with Crippen molar-refractivity contribution in [1.82, 2.24) is 9.55 Å². The average Bonchev–Trinajstić information content (AvgIpc) is 3.20. The predicted molar refractivity (Wildman–Crippen MR) is 97.1 cm³/mol. The lowest BCUT2D eigenvalue weighted by Crippen LogP contribution is -2.07. The fourth-order valence-corrected chi connectivity index (χ4v) is 2.89. The number of aromatic nitrogens is 2. The summed E-state index contributed by atoms with van der Waals surface area (Å²) in [6, 6.07) is 15.4. The lowest BCUT2D eigenvalue weighted by molar-refractivity contribution is -0.141. The Morgan fingerprint density at radius 2 is 1.88 bits per heavy atom. The fraction of sp³-hybridized carbons (Fsp3) is 0.158. The zero-order valence-electron chi connectivity index (χ0n) is 13.8. The Bertz CT molecular complexity index is 800. The molecule has 0 aliphatic carbocycles. The van der Waals surface area contributed by atoms with Crippen LogP contribution in [0, 0.1) is 0 Å². The Balaban J connectivity index is 1.45. The highest BCUT2D eigenvalue weighted by atomic mass is 32.2. The van der Waals surface area contributed by atoms with Crippen molar-refractivity contribution in [2.45, 2.75) is 11.5 Å². The zero-order valence-corrected chi connectivity index (χ0v) is 14.6. The number of esters is 1. The van der Waals surface area contributed by atoms with E-state index in [0.717, 1.165) is 21.9 Å². The molecule has 6 heteroatoms. The molecule has 0 bridgehead atoms. The first-order chi connectivity index (χ1) is 12.2. The summed E-state index contributed by atoms with van der Waals surface area (Å²) in [7, 11) is 1.63. The molecular weight excluding hydrogens is 336 g/mol. The highest BCUT2D eigenvalue weighted by Gasteiger charge is 2.06. The number of nitrogens with zero attached hydrogens (tertiary/aromatic N) is 2. The summed E-state index contributed by atoms with van der Waals surface area (Å²) < 4.78 is 12.3. The maximum Gasteiger partial charge on any atom is 0.316 e. The lowest BCUT2D eigenvalue weighted by Gasteiger charge is -2.07. The number of carbonyl (C=O) groups is 1. The van der Waals surface area contributed by atoms with E-state index in [1.165, 1.54) is 11.8 Å². The average molecular weight is 354 g/mol. The minimum Gasteiger partial charge on any atom is -0.497 e. The van der Waals surface area contributed by atoms with Gasteiger partial charge >= 0.3 is 5.97 Å². The standard InChI is InChI=1S/C19H18N2O3S/c1-23-17-6-8-18(9-7-17)25-13-19(22)24-12-15-2-4-16(5-3-15)21-11-10-20-14-21/h2-11,14H,12-13H2,1H3. The lowest BCUT2D eigenvalue weighted by atomic mass is 10.2. The quantitative estimate of drug-likeness (QED) is 0.478. The summed E-state index contributed by atoms with van der Waals surface area (Å²) in [6.07, 6.45) is 5.35. The van der Waals surface area contributed by atoms with E-state index in [2.05, 4.69) is 4.98 Å². The molecule has 0 saturated heterocycles. The maximum absolute atomic E-state index is 11.9. The molecule has 0 aliphatic rings. The summed E-state index contributed by atoms with van der Waals surface area (Å²) in [4.78, 5) is 16.9. The van der Waals surface area contributed by atoms with Gasteiger partial charge in [-0.25, -0.2) is 4.98 Å². The van der Waals surface area contributed by atoms with Gasteiger partial charge < -0.3 is 14.0 Å². The third kappa shape index (κ3) is 4.87. The van der Waals surface area contributed by atoms with Crippen LogP contribution in [-0.2, 0) is 16.1 Å². The van der Waals surface area contributed by atoms with Gasteiger partial charge in [0.15, 0.2) is 0 Å². The van der Waals surface area contributed by atoms with Crippen LogP contribution in [0.1, 0.15) is 5.56 Å². The van der Waals surface area contributed by atoms with Gasteiger partial charge in [-0.1, -0.05) is 12.1 Å². The van der Waals surface area contributed by atoms with Gasteiger partial charge in [-0.15, -0.1) is 11.8 Å². The first-order valence-electron chi connectivity index (χ1n) is 7.74. The van der Waals surface area contributed by atoms with Crippen molar-refractivity contribution in [3.63, 3.8) is 0 Å². The van der Waals surface area contributed by atoms with E-state index in [1.54, 1.807) is 19.6 Å². The van der Waals surface area contributed by atoms with Crippen LogP contribution in [0.5, 0.6) is 5.75 Å². The third-order valence-electron chi connectivity index (χ3n) is 3.55. The fourth-order valence-electron chi connectivity index (χ4n) is 2.20. The molecule has 1 heterocycles. The third-order valence-corrected chi connectivity index (χ3v) is 4.54. The first kappa shape index (κ1) is 17.1. The highest BCUT2D eigenvalue weighted by molar-refractivity contribution is 8.00. The normalized spacial score (nSPS) is 10.4. The number of ether oxygens (including phenoxy) is 2. The van der Waals surface area contributed by atoms with Gasteiger partial charge in [0.2, 0.25) is 0 Å². The van der Waals surface area contributed by atoms with Gasteiger partial charge in [0.1, 0.15) is 12.4 Å². The molecular formula is C19H18N2O3S. The summed E-state index contributed by atoms with van der Waals surface area (Å²) in [5.74, 6) is 0.838. The van der Waals surface area contributed by atoms with Gasteiger partial charge in [-0.3, -0.25) is 4.79 Å². The van der Waals surface area contributed by atoms with Crippen molar-refractivity contribution in [1.29, 1.82) is 0 Å². The van der Waals surface area contributed by atoms with E-state index >= 15 is 0 Å². The second-order valence-electron chi connectivity index (χ2n) is 5.26. The van der Waals surface area contributed by atoms with Gasteiger partial charge in [0.05, 0.1) is 19.2 Å². The number of hydrogen-bond donors (Lipinski definition) is 0. The monoisotopic (exact) mass is 354 g/mol. The van der Waals surface area contributed by atoms with E-state index in [0.29, 0.717) is 0 Å². The molecule has 25 heavy (non-hydrogen) atoms. The number of imidazole rings is 1. The Kier molecular flexibility index (Phi) is 5.74. The Morgan fingerprint density at radius 1 is 1.12 bits per heavy atom. The summed E-state index contributed by atoms with van der Waals surface area (Å²) in [6.45, 7) is 0.270. The summed E-state index contributed by atoms with van der Waals surface area (Å²) in [5.41, 5.74) is 1.97. The van der Waals surface area contributed by atoms with E-state index in [1.807, 2.05) is 59.3 Å². The van der Waals surface area contributed by atoms with Crippen LogP contribution in [0.15, 0.2) is 72.1 Å². The van der Waals surface area contributed by atoms with Crippen LogP contribution in [0.3, 0.4) is 0 Å². The minimum atomic E-state index is -0.237. The molecule has 0 unspecified atom stereocenters. The molecule has 0 atom stereocenters. The topological polar surface area (TPSA) is 53.4 Å². The number of thioether (sulfide) groups is 1. The number of hydrogen-bond acceptors (Lipinski definition) is 5.